The molecular formula is C16H30N2O3Si. The fourth-order valence-electron chi connectivity index (χ4n) is 1.71. The Morgan fingerprint density at radius 1 is 1.32 bits per heavy atom. The number of aromatic nitrogens is 2. The van der Waals surface area contributed by atoms with Gasteiger partial charge in [0.2, 0.25) is 5.88 Å². The van der Waals surface area contributed by atoms with Crippen molar-refractivity contribution >= 4 is 14.3 Å². The Hall–Kier alpha value is -1.30. The summed E-state index contributed by atoms with van der Waals surface area (Å²) < 4.78 is 13.0. The molecule has 0 amide bonds. The fraction of sp³-hybridized carbons (Fsp3) is 0.750. The number of nitrogens with zero attached hydrogens (tertiary/aromatic N) is 2. The first-order chi connectivity index (χ1) is 10.1. The molecule has 0 aromatic carbocycles. The van der Waals surface area contributed by atoms with Crippen LogP contribution in [0.15, 0.2) is 6.07 Å². The van der Waals surface area contributed by atoms with Gasteiger partial charge < -0.3 is 9.16 Å². The van der Waals surface area contributed by atoms with Crippen molar-refractivity contribution < 1.29 is 14.0 Å². The quantitative estimate of drug-likeness (QED) is 0.555. The number of hydrogen-bond donors (Lipinski definition) is 0. The van der Waals surface area contributed by atoms with Crippen LogP contribution < -0.4 is 4.43 Å². The highest BCUT2D eigenvalue weighted by Gasteiger charge is 2.39. The second-order valence-corrected chi connectivity index (χ2v) is 11.8. The molecule has 0 aliphatic carbocycles. The molecular weight excluding hydrogens is 296 g/mol. The van der Waals surface area contributed by atoms with Crippen LogP contribution in [0.4, 0.5) is 0 Å². The fourth-order valence-corrected chi connectivity index (χ4v) is 2.63. The summed E-state index contributed by atoms with van der Waals surface area (Å²) in [6.45, 7) is 15.9. The SMILES string of the molecule is CCCCn1nc(O[Si](C)(C)C(C)(C)C)cc1C(=O)OCC. The Morgan fingerprint density at radius 3 is 2.45 bits per heavy atom. The zero-order chi connectivity index (χ0) is 17.0. The number of hydrogen-bond acceptors (Lipinski definition) is 4. The Morgan fingerprint density at radius 2 is 1.95 bits per heavy atom. The Labute approximate surface area is 135 Å². The van der Waals surface area contributed by atoms with Crippen LogP contribution in [0, 0.1) is 0 Å². The number of aryl methyl sites for hydroxylation is 1. The van der Waals surface area contributed by atoms with Crippen molar-refractivity contribution in [2.75, 3.05) is 6.61 Å². The van der Waals surface area contributed by atoms with E-state index < -0.39 is 8.32 Å². The van der Waals surface area contributed by atoms with Crippen LogP contribution in [0.3, 0.4) is 0 Å². The average molecular weight is 327 g/mol. The van der Waals surface area contributed by atoms with Crippen molar-refractivity contribution in [1.29, 1.82) is 0 Å². The third kappa shape index (κ3) is 4.60. The summed E-state index contributed by atoms with van der Waals surface area (Å²) in [6, 6.07) is 1.72. The Balaban J connectivity index is 3.04. The maximum Gasteiger partial charge on any atom is 0.356 e. The molecule has 1 aromatic rings. The van der Waals surface area contributed by atoms with E-state index in [1.165, 1.54) is 0 Å². The third-order valence-corrected chi connectivity index (χ3v) is 8.46. The molecule has 1 rings (SSSR count). The number of esters is 1. The predicted molar refractivity (Wildman–Crippen MR) is 90.9 cm³/mol. The first kappa shape index (κ1) is 18.7. The van der Waals surface area contributed by atoms with E-state index in [0.29, 0.717) is 24.7 Å². The zero-order valence-electron chi connectivity index (χ0n) is 15.0. The molecule has 22 heavy (non-hydrogen) atoms. The number of ether oxygens (including phenoxy) is 1. The minimum absolute atomic E-state index is 0.0876. The van der Waals surface area contributed by atoms with Gasteiger partial charge in [-0.05, 0) is 31.5 Å². The summed E-state index contributed by atoms with van der Waals surface area (Å²) in [5, 5.41) is 4.57. The van der Waals surface area contributed by atoms with Crippen LogP contribution in [-0.2, 0) is 11.3 Å². The standard InChI is InChI=1S/C16H30N2O3Si/c1-8-10-11-18-13(15(19)20-9-2)12-14(17-18)21-22(6,7)16(3,4)5/h12H,8-11H2,1-7H3. The van der Waals surface area contributed by atoms with Gasteiger partial charge in [0.25, 0.3) is 8.32 Å². The molecule has 0 unspecified atom stereocenters. The van der Waals surface area contributed by atoms with Gasteiger partial charge in [0.05, 0.1) is 6.61 Å². The number of carbonyl (C=O) groups excluding carboxylic acids is 1. The first-order valence-electron chi connectivity index (χ1n) is 8.06. The molecule has 0 aliphatic rings. The predicted octanol–water partition coefficient (Wildman–Crippen LogP) is 4.24. The van der Waals surface area contributed by atoms with Crippen LogP contribution in [0.25, 0.3) is 0 Å². The van der Waals surface area contributed by atoms with Gasteiger partial charge in [-0.15, -0.1) is 5.10 Å². The second-order valence-electron chi connectivity index (χ2n) is 7.03. The van der Waals surface area contributed by atoms with Crippen molar-refractivity contribution in [3.63, 3.8) is 0 Å². The van der Waals surface area contributed by atoms with Crippen LogP contribution in [-0.4, -0.2) is 30.7 Å². The van der Waals surface area contributed by atoms with Crippen molar-refractivity contribution in [3.8, 4) is 5.88 Å². The molecule has 0 saturated heterocycles. The lowest BCUT2D eigenvalue weighted by Crippen LogP contribution is -2.44. The Kier molecular flexibility index (Phi) is 6.23. The molecule has 0 atom stereocenters. The maximum atomic E-state index is 12.1. The van der Waals surface area contributed by atoms with E-state index in [1.54, 1.807) is 17.7 Å². The largest absolute Gasteiger partial charge is 0.530 e. The summed E-state index contributed by atoms with van der Waals surface area (Å²) in [6.07, 6.45) is 2.01. The molecule has 0 saturated carbocycles. The van der Waals surface area contributed by atoms with Crippen molar-refractivity contribution in [2.45, 2.75) is 72.1 Å². The topological polar surface area (TPSA) is 53.4 Å². The highest BCUT2D eigenvalue weighted by Crippen LogP contribution is 2.37. The molecule has 5 nitrogen and oxygen atoms in total. The van der Waals surface area contributed by atoms with E-state index in [4.69, 9.17) is 9.16 Å². The monoisotopic (exact) mass is 326 g/mol. The van der Waals surface area contributed by atoms with Crippen LogP contribution in [0.5, 0.6) is 5.88 Å². The first-order valence-corrected chi connectivity index (χ1v) is 11.0. The zero-order valence-corrected chi connectivity index (χ0v) is 16.0. The molecule has 0 spiro atoms. The van der Waals surface area contributed by atoms with Gasteiger partial charge in [0, 0.05) is 12.6 Å². The smallest absolute Gasteiger partial charge is 0.356 e. The van der Waals surface area contributed by atoms with Crippen molar-refractivity contribution in [2.24, 2.45) is 0 Å². The minimum atomic E-state index is -1.97. The van der Waals surface area contributed by atoms with Gasteiger partial charge in [0.1, 0.15) is 5.69 Å². The highest BCUT2D eigenvalue weighted by molar-refractivity contribution is 6.74. The van der Waals surface area contributed by atoms with Crippen LogP contribution in [0.1, 0.15) is 57.9 Å². The van der Waals surface area contributed by atoms with E-state index in [1.807, 2.05) is 0 Å². The second kappa shape index (κ2) is 7.31. The molecule has 1 heterocycles. The lowest BCUT2D eigenvalue weighted by molar-refractivity contribution is 0.0511. The average Bonchev–Trinajstić information content (AvgIpc) is 2.77. The van der Waals surface area contributed by atoms with Gasteiger partial charge in [-0.1, -0.05) is 34.1 Å². The minimum Gasteiger partial charge on any atom is -0.530 e. The summed E-state index contributed by atoms with van der Waals surface area (Å²) in [5.74, 6) is 0.196. The third-order valence-electron chi connectivity index (χ3n) is 4.13. The molecule has 0 bridgehead atoms. The van der Waals surface area contributed by atoms with Crippen molar-refractivity contribution in [1.82, 2.24) is 9.78 Å². The Bertz CT molecular complexity index is 504. The number of carbonyl (C=O) groups is 1. The lowest BCUT2D eigenvalue weighted by atomic mass is 10.2. The summed E-state index contributed by atoms with van der Waals surface area (Å²) in [4.78, 5) is 12.1. The van der Waals surface area contributed by atoms with E-state index in [9.17, 15) is 4.79 Å². The van der Waals surface area contributed by atoms with Gasteiger partial charge >= 0.3 is 5.97 Å². The molecule has 1 aromatic heterocycles. The van der Waals surface area contributed by atoms with E-state index >= 15 is 0 Å². The van der Waals surface area contributed by atoms with Gasteiger partial charge in [-0.25, -0.2) is 4.79 Å². The normalized spacial score (nSPS) is 12.3. The van der Waals surface area contributed by atoms with Gasteiger partial charge in [-0.2, -0.15) is 0 Å². The molecule has 0 aliphatic heterocycles. The summed E-state index contributed by atoms with van der Waals surface area (Å²) >= 11 is 0. The summed E-state index contributed by atoms with van der Waals surface area (Å²) in [5.41, 5.74) is 0.476. The van der Waals surface area contributed by atoms with Gasteiger partial charge in [0.15, 0.2) is 0 Å². The number of unbranched alkanes of at least 4 members (excludes halogenated alkanes) is 1. The summed E-state index contributed by atoms with van der Waals surface area (Å²) in [7, 11) is -1.97. The van der Waals surface area contributed by atoms with E-state index in [-0.39, 0.29) is 11.0 Å². The van der Waals surface area contributed by atoms with E-state index in [0.717, 1.165) is 12.8 Å². The number of rotatable bonds is 7. The lowest BCUT2D eigenvalue weighted by Gasteiger charge is -2.35. The van der Waals surface area contributed by atoms with Crippen LogP contribution >= 0.6 is 0 Å². The molecule has 6 heteroatoms. The molecule has 0 fully saturated rings. The molecule has 126 valence electrons. The molecule has 0 radical (unpaired) electrons. The van der Waals surface area contributed by atoms with E-state index in [2.05, 4.69) is 45.9 Å². The molecule has 0 N–H and O–H groups in total. The van der Waals surface area contributed by atoms with Gasteiger partial charge in [-0.3, -0.25) is 4.68 Å². The highest BCUT2D eigenvalue weighted by atomic mass is 28.4. The van der Waals surface area contributed by atoms with Crippen LogP contribution in [0.2, 0.25) is 18.1 Å². The maximum absolute atomic E-state index is 12.1. The van der Waals surface area contributed by atoms with Crippen molar-refractivity contribution in [3.05, 3.63) is 11.8 Å².